The Bertz CT molecular complexity index is 782. The van der Waals surface area contributed by atoms with Crippen molar-refractivity contribution in [3.8, 4) is 10.8 Å². The smallest absolute Gasteiger partial charge is 0.222 e. The molecule has 0 aromatic carbocycles. The highest BCUT2D eigenvalue weighted by Gasteiger charge is 2.34. The number of aromatic nitrogens is 3. The van der Waals surface area contributed by atoms with E-state index in [-0.39, 0.29) is 11.3 Å². The highest BCUT2D eigenvalue weighted by molar-refractivity contribution is 7.13. The molecule has 1 aliphatic rings. The third-order valence-electron chi connectivity index (χ3n) is 4.83. The Morgan fingerprint density at radius 2 is 2.12 bits per heavy atom. The molecule has 0 N–H and O–H groups in total. The lowest BCUT2D eigenvalue weighted by atomic mass is 9.77. The van der Waals surface area contributed by atoms with Crippen LogP contribution in [0.3, 0.4) is 0 Å². The van der Waals surface area contributed by atoms with Gasteiger partial charge in [-0.15, -0.1) is 11.3 Å². The molecule has 0 radical (unpaired) electrons. The third-order valence-corrected chi connectivity index (χ3v) is 5.72. The first-order valence-electron chi connectivity index (χ1n) is 9.08. The van der Waals surface area contributed by atoms with E-state index in [1.54, 1.807) is 18.5 Å². The van der Waals surface area contributed by atoms with E-state index in [0.717, 1.165) is 36.5 Å². The Hall–Kier alpha value is -2.08. The van der Waals surface area contributed by atoms with E-state index in [4.69, 9.17) is 0 Å². The Morgan fingerprint density at radius 3 is 2.85 bits per heavy atom. The number of nitrogens with zero attached hydrogens (tertiary/aromatic N) is 4. The van der Waals surface area contributed by atoms with E-state index in [2.05, 4.69) is 41.8 Å². The summed E-state index contributed by atoms with van der Waals surface area (Å²) in [5.41, 5.74) is 2.45. The molecule has 3 heterocycles. The molecular formula is C20H26N4OS. The number of amides is 1. The van der Waals surface area contributed by atoms with Crippen molar-refractivity contribution < 1.29 is 4.79 Å². The van der Waals surface area contributed by atoms with Gasteiger partial charge >= 0.3 is 0 Å². The fraction of sp³-hybridized carbons (Fsp3) is 0.500. The average molecular weight is 371 g/mol. The summed E-state index contributed by atoms with van der Waals surface area (Å²) in [6.07, 6.45) is 9.52. The fourth-order valence-electron chi connectivity index (χ4n) is 3.34. The molecule has 3 rings (SSSR count). The van der Waals surface area contributed by atoms with Crippen molar-refractivity contribution in [2.24, 2.45) is 5.41 Å². The Morgan fingerprint density at radius 1 is 1.35 bits per heavy atom. The summed E-state index contributed by atoms with van der Waals surface area (Å²) in [6.45, 7) is 7.94. The lowest BCUT2D eigenvalue weighted by Gasteiger charge is -2.40. The summed E-state index contributed by atoms with van der Waals surface area (Å²) in [7, 11) is 0. The minimum atomic E-state index is 0.182. The second-order valence-electron chi connectivity index (χ2n) is 7.60. The number of hydrogen-bond donors (Lipinski definition) is 0. The van der Waals surface area contributed by atoms with Crippen molar-refractivity contribution >= 4 is 17.2 Å². The lowest BCUT2D eigenvalue weighted by Crippen LogP contribution is -2.44. The number of carbonyl (C=O) groups excluding carboxylic acids is 1. The second kappa shape index (κ2) is 8.08. The first-order valence-corrected chi connectivity index (χ1v) is 9.96. The van der Waals surface area contributed by atoms with Gasteiger partial charge in [-0.2, -0.15) is 0 Å². The predicted molar refractivity (Wildman–Crippen MR) is 105 cm³/mol. The number of likely N-dealkylation sites (tertiary alicyclic amines) is 1. The number of rotatable bonds is 6. The lowest BCUT2D eigenvalue weighted by molar-refractivity contribution is -0.138. The van der Waals surface area contributed by atoms with Gasteiger partial charge in [0.2, 0.25) is 5.91 Å². The van der Waals surface area contributed by atoms with E-state index in [9.17, 15) is 4.79 Å². The van der Waals surface area contributed by atoms with Gasteiger partial charge in [-0.1, -0.05) is 18.6 Å². The van der Waals surface area contributed by atoms with Gasteiger partial charge in [-0.05, 0) is 44.6 Å². The fourth-order valence-corrected chi connectivity index (χ4v) is 4.10. The normalized spacial score (nSPS) is 20.3. The zero-order chi connectivity index (χ0) is 18.6. The van der Waals surface area contributed by atoms with Crippen molar-refractivity contribution in [2.75, 3.05) is 6.54 Å². The molecule has 5 nitrogen and oxygen atoms in total. The molecule has 0 saturated carbocycles. The molecule has 6 heteroatoms. The monoisotopic (exact) mass is 370 g/mol. The van der Waals surface area contributed by atoms with Crippen LogP contribution in [0.1, 0.15) is 52.1 Å². The predicted octanol–water partition coefficient (Wildman–Crippen LogP) is 4.48. The highest BCUT2D eigenvalue weighted by atomic mass is 32.1. The first-order chi connectivity index (χ1) is 12.5. The van der Waals surface area contributed by atoms with Crippen molar-refractivity contribution in [3.05, 3.63) is 41.2 Å². The molecule has 1 atom stereocenters. The molecule has 0 aliphatic carbocycles. The molecule has 0 bridgehead atoms. The third kappa shape index (κ3) is 4.75. The summed E-state index contributed by atoms with van der Waals surface area (Å²) >= 11 is 1.53. The molecule has 1 fully saturated rings. The van der Waals surface area contributed by atoms with Gasteiger partial charge in [0.05, 0.1) is 12.2 Å². The standard InChI is InChI=1S/C20H26N4OS/c1-15(2)6-4-8-20(3)9-7-17(25)24(14-20)12-16-13-26-19(23-16)18-21-10-5-11-22-18/h5-6,10-11,13H,4,7-9,12,14H2,1-3H3. The highest BCUT2D eigenvalue weighted by Crippen LogP contribution is 2.35. The van der Waals surface area contributed by atoms with Crippen LogP contribution in [0.2, 0.25) is 0 Å². The summed E-state index contributed by atoms with van der Waals surface area (Å²) in [6, 6.07) is 1.79. The molecule has 1 unspecified atom stereocenters. The topological polar surface area (TPSA) is 59.0 Å². The van der Waals surface area contributed by atoms with E-state index in [1.807, 2.05) is 10.3 Å². The molecule has 2 aromatic heterocycles. The van der Waals surface area contributed by atoms with Crippen LogP contribution in [0.4, 0.5) is 0 Å². The van der Waals surface area contributed by atoms with E-state index >= 15 is 0 Å². The van der Waals surface area contributed by atoms with Gasteiger partial charge in [0.15, 0.2) is 10.8 Å². The summed E-state index contributed by atoms with van der Waals surface area (Å²) < 4.78 is 0. The average Bonchev–Trinajstić information content (AvgIpc) is 3.07. The van der Waals surface area contributed by atoms with Crippen LogP contribution in [0.5, 0.6) is 0 Å². The zero-order valence-corrected chi connectivity index (χ0v) is 16.6. The van der Waals surface area contributed by atoms with Gasteiger partial charge in [0, 0.05) is 30.7 Å². The molecule has 26 heavy (non-hydrogen) atoms. The van der Waals surface area contributed by atoms with E-state index in [0.29, 0.717) is 18.8 Å². The zero-order valence-electron chi connectivity index (χ0n) is 15.7. The molecule has 1 aliphatic heterocycles. The Labute approximate surface area is 159 Å². The molecule has 2 aromatic rings. The summed E-state index contributed by atoms with van der Waals surface area (Å²) in [5, 5.41) is 2.81. The Kier molecular flexibility index (Phi) is 5.81. The van der Waals surface area contributed by atoms with Crippen LogP contribution in [-0.2, 0) is 11.3 Å². The Balaban J connectivity index is 1.65. The summed E-state index contributed by atoms with van der Waals surface area (Å²) in [4.78, 5) is 27.5. The van der Waals surface area contributed by atoms with Crippen LogP contribution < -0.4 is 0 Å². The van der Waals surface area contributed by atoms with Crippen LogP contribution in [0, 0.1) is 5.41 Å². The van der Waals surface area contributed by atoms with Crippen LogP contribution >= 0.6 is 11.3 Å². The number of thiazole rings is 1. The van der Waals surface area contributed by atoms with Crippen LogP contribution in [0.15, 0.2) is 35.5 Å². The van der Waals surface area contributed by atoms with Gasteiger partial charge in [-0.25, -0.2) is 15.0 Å². The van der Waals surface area contributed by atoms with E-state index < -0.39 is 0 Å². The van der Waals surface area contributed by atoms with Crippen LogP contribution in [0.25, 0.3) is 10.8 Å². The maximum absolute atomic E-state index is 12.4. The second-order valence-corrected chi connectivity index (χ2v) is 8.46. The van der Waals surface area contributed by atoms with Gasteiger partial charge in [0.1, 0.15) is 0 Å². The van der Waals surface area contributed by atoms with Gasteiger partial charge < -0.3 is 4.90 Å². The largest absolute Gasteiger partial charge is 0.336 e. The minimum Gasteiger partial charge on any atom is -0.336 e. The van der Waals surface area contributed by atoms with Crippen molar-refractivity contribution in [1.82, 2.24) is 19.9 Å². The van der Waals surface area contributed by atoms with Gasteiger partial charge in [0.25, 0.3) is 0 Å². The van der Waals surface area contributed by atoms with Crippen LogP contribution in [-0.4, -0.2) is 32.3 Å². The number of piperidine rings is 1. The molecule has 1 amide bonds. The van der Waals surface area contributed by atoms with Crippen molar-refractivity contribution in [2.45, 2.75) is 53.0 Å². The maximum Gasteiger partial charge on any atom is 0.222 e. The molecule has 1 saturated heterocycles. The van der Waals surface area contributed by atoms with Gasteiger partial charge in [-0.3, -0.25) is 4.79 Å². The SMILES string of the molecule is CC(C)=CCCC1(C)CCC(=O)N(Cc2csc(-c3ncccn3)n2)C1. The van der Waals surface area contributed by atoms with E-state index in [1.165, 1.54) is 16.9 Å². The minimum absolute atomic E-state index is 0.182. The molecular weight excluding hydrogens is 344 g/mol. The molecule has 138 valence electrons. The quantitative estimate of drug-likeness (QED) is 0.704. The maximum atomic E-state index is 12.4. The number of hydrogen-bond acceptors (Lipinski definition) is 5. The van der Waals surface area contributed by atoms with Crippen molar-refractivity contribution in [1.29, 1.82) is 0 Å². The first kappa shape index (κ1) is 18.7. The van der Waals surface area contributed by atoms with Crippen molar-refractivity contribution in [3.63, 3.8) is 0 Å². The summed E-state index contributed by atoms with van der Waals surface area (Å²) in [5.74, 6) is 0.871. The molecule has 0 spiro atoms. The number of allylic oxidation sites excluding steroid dienone is 2. The number of carbonyl (C=O) groups is 1.